The Morgan fingerprint density at radius 3 is 2.78 bits per heavy atom. The molecule has 0 saturated carbocycles. The normalized spacial score (nSPS) is 9.83. The number of rotatable bonds is 2. The first-order valence-electron chi connectivity index (χ1n) is 4.88. The van der Waals surface area contributed by atoms with Gasteiger partial charge in [-0.15, -0.1) is 0 Å². The van der Waals surface area contributed by atoms with Gasteiger partial charge in [0.2, 0.25) is 5.88 Å². The molecule has 90 valence electrons. The van der Waals surface area contributed by atoms with E-state index in [9.17, 15) is 0 Å². The first kappa shape index (κ1) is 12.7. The number of nitrogen functional groups attached to an aromatic ring is 1. The quantitative estimate of drug-likeness (QED) is 0.854. The Morgan fingerprint density at radius 1 is 1.39 bits per heavy atom. The summed E-state index contributed by atoms with van der Waals surface area (Å²) < 4.78 is 6.25. The molecule has 2 rings (SSSR count). The average Bonchev–Trinajstić information content (AvgIpc) is 2.34. The topological polar surface area (TPSA) is 71.9 Å². The number of hydrogen-bond donors (Lipinski definition) is 1. The van der Waals surface area contributed by atoms with E-state index in [0.29, 0.717) is 22.0 Å². The number of benzene rings is 1. The molecule has 1 aromatic heterocycles. The van der Waals surface area contributed by atoms with Gasteiger partial charge in [-0.05, 0) is 40.2 Å². The van der Waals surface area contributed by atoms with Crippen molar-refractivity contribution in [1.82, 2.24) is 4.98 Å². The van der Waals surface area contributed by atoms with Crippen LogP contribution >= 0.6 is 27.5 Å². The second-order valence-electron chi connectivity index (χ2n) is 3.41. The monoisotopic (exact) mass is 323 g/mol. The maximum atomic E-state index is 8.73. The van der Waals surface area contributed by atoms with E-state index in [1.807, 2.05) is 6.07 Å². The van der Waals surface area contributed by atoms with E-state index < -0.39 is 0 Å². The van der Waals surface area contributed by atoms with Gasteiger partial charge in [-0.1, -0.05) is 11.6 Å². The average molecular weight is 325 g/mol. The molecular formula is C12H7BrClN3O. The van der Waals surface area contributed by atoms with Crippen molar-refractivity contribution < 1.29 is 4.74 Å². The molecule has 6 heteroatoms. The highest BCUT2D eigenvalue weighted by Gasteiger charge is 2.08. The highest BCUT2D eigenvalue weighted by molar-refractivity contribution is 9.10. The molecule has 1 heterocycles. The Labute approximate surface area is 117 Å². The van der Waals surface area contributed by atoms with Crippen LogP contribution in [0.1, 0.15) is 5.56 Å². The smallest absolute Gasteiger partial charge is 0.238 e. The lowest BCUT2D eigenvalue weighted by molar-refractivity contribution is 0.465. The predicted octanol–water partition coefficient (Wildman–Crippen LogP) is 3.74. The van der Waals surface area contributed by atoms with E-state index in [1.165, 1.54) is 6.07 Å². The molecule has 0 radical (unpaired) electrons. The van der Waals surface area contributed by atoms with Crippen molar-refractivity contribution in [3.8, 4) is 17.7 Å². The van der Waals surface area contributed by atoms with Gasteiger partial charge in [0.25, 0.3) is 0 Å². The summed E-state index contributed by atoms with van der Waals surface area (Å²) in [5.41, 5.74) is 6.59. The van der Waals surface area contributed by atoms with Crippen LogP contribution in [0.5, 0.6) is 11.6 Å². The second kappa shape index (κ2) is 5.25. The molecule has 1 aromatic carbocycles. The van der Waals surface area contributed by atoms with Gasteiger partial charge in [0.15, 0.2) is 5.75 Å². The van der Waals surface area contributed by atoms with Crippen molar-refractivity contribution in [3.05, 3.63) is 45.5 Å². The van der Waals surface area contributed by atoms with Gasteiger partial charge < -0.3 is 10.5 Å². The Morgan fingerprint density at radius 2 is 2.17 bits per heavy atom. The minimum atomic E-state index is 0.260. The fourth-order valence-electron chi connectivity index (χ4n) is 1.29. The Balaban J connectivity index is 2.32. The molecule has 0 saturated heterocycles. The van der Waals surface area contributed by atoms with Gasteiger partial charge in [-0.3, -0.25) is 0 Å². The molecule has 0 aliphatic rings. The minimum Gasteiger partial charge on any atom is -0.435 e. The van der Waals surface area contributed by atoms with Crippen LogP contribution in [-0.2, 0) is 0 Å². The molecule has 4 nitrogen and oxygen atoms in total. The molecule has 2 aromatic rings. The lowest BCUT2D eigenvalue weighted by Crippen LogP contribution is -1.95. The summed E-state index contributed by atoms with van der Waals surface area (Å²) in [6, 6.07) is 8.41. The first-order valence-corrected chi connectivity index (χ1v) is 6.06. The highest BCUT2D eigenvalue weighted by Crippen LogP contribution is 2.32. The van der Waals surface area contributed by atoms with Crippen LogP contribution in [0.3, 0.4) is 0 Å². The van der Waals surface area contributed by atoms with Crippen LogP contribution in [0.2, 0.25) is 5.02 Å². The molecule has 0 atom stereocenters. The van der Waals surface area contributed by atoms with Gasteiger partial charge in [0.1, 0.15) is 5.02 Å². The number of anilines is 1. The van der Waals surface area contributed by atoms with Crippen LogP contribution < -0.4 is 10.5 Å². The number of ether oxygens (including phenoxy) is 1. The Kier molecular flexibility index (Phi) is 3.70. The number of nitrogens with zero attached hydrogens (tertiary/aromatic N) is 2. The fourth-order valence-corrected chi connectivity index (χ4v) is 1.96. The first-order chi connectivity index (χ1) is 8.60. The summed E-state index contributed by atoms with van der Waals surface area (Å²) in [5.74, 6) is 0.669. The zero-order valence-electron chi connectivity index (χ0n) is 9.02. The Bertz CT molecular complexity index is 640. The van der Waals surface area contributed by atoms with Gasteiger partial charge in [0.05, 0.1) is 17.3 Å². The van der Waals surface area contributed by atoms with Crippen molar-refractivity contribution in [3.63, 3.8) is 0 Å². The second-order valence-corrected chi connectivity index (χ2v) is 4.73. The van der Waals surface area contributed by atoms with E-state index in [2.05, 4.69) is 20.9 Å². The van der Waals surface area contributed by atoms with E-state index in [0.717, 1.165) is 4.47 Å². The van der Waals surface area contributed by atoms with Crippen LogP contribution in [0.25, 0.3) is 0 Å². The summed E-state index contributed by atoms with van der Waals surface area (Å²) in [7, 11) is 0. The lowest BCUT2D eigenvalue weighted by atomic mass is 10.2. The van der Waals surface area contributed by atoms with Crippen LogP contribution in [0.4, 0.5) is 5.69 Å². The molecule has 0 spiro atoms. The molecular weight excluding hydrogens is 318 g/mol. The number of nitrogens with two attached hydrogens (primary N) is 1. The van der Waals surface area contributed by atoms with Crippen molar-refractivity contribution in [2.45, 2.75) is 0 Å². The van der Waals surface area contributed by atoms with E-state index >= 15 is 0 Å². The molecule has 0 amide bonds. The number of halogens is 2. The summed E-state index contributed by atoms with van der Waals surface area (Å²) in [4.78, 5) is 4.04. The number of pyridine rings is 1. The van der Waals surface area contributed by atoms with Crippen molar-refractivity contribution in [2.24, 2.45) is 0 Å². The third kappa shape index (κ3) is 2.73. The van der Waals surface area contributed by atoms with Gasteiger partial charge >= 0.3 is 0 Å². The zero-order chi connectivity index (χ0) is 13.1. The fraction of sp³-hybridized carbons (Fsp3) is 0. The van der Waals surface area contributed by atoms with E-state index in [4.69, 9.17) is 27.3 Å². The zero-order valence-corrected chi connectivity index (χ0v) is 11.4. The number of nitriles is 1. The standard InChI is InChI=1S/C12H7BrClN3O/c13-8-4-9(14)12(17-6-8)18-11-2-1-7(5-15)3-10(11)16/h1-4,6H,16H2. The molecule has 0 aliphatic carbocycles. The van der Waals surface area contributed by atoms with Crippen LogP contribution in [0, 0.1) is 11.3 Å². The van der Waals surface area contributed by atoms with E-state index in [1.54, 1.807) is 24.4 Å². The van der Waals surface area contributed by atoms with E-state index in [-0.39, 0.29) is 5.88 Å². The third-order valence-electron chi connectivity index (χ3n) is 2.12. The SMILES string of the molecule is N#Cc1ccc(Oc2ncc(Br)cc2Cl)c(N)c1. The summed E-state index contributed by atoms with van der Waals surface area (Å²) >= 11 is 9.23. The maximum absolute atomic E-state index is 8.73. The summed E-state index contributed by atoms with van der Waals surface area (Å²) in [5, 5.41) is 9.10. The third-order valence-corrected chi connectivity index (χ3v) is 2.82. The van der Waals surface area contributed by atoms with Crippen molar-refractivity contribution in [2.75, 3.05) is 5.73 Å². The highest BCUT2D eigenvalue weighted by atomic mass is 79.9. The molecule has 0 aliphatic heterocycles. The minimum absolute atomic E-state index is 0.260. The largest absolute Gasteiger partial charge is 0.435 e. The molecule has 0 bridgehead atoms. The van der Waals surface area contributed by atoms with Gasteiger partial charge in [-0.25, -0.2) is 4.98 Å². The lowest BCUT2D eigenvalue weighted by Gasteiger charge is -2.08. The molecule has 18 heavy (non-hydrogen) atoms. The summed E-state index contributed by atoms with van der Waals surface area (Å²) in [6.45, 7) is 0. The van der Waals surface area contributed by atoms with Crippen molar-refractivity contribution >= 4 is 33.2 Å². The van der Waals surface area contributed by atoms with Crippen LogP contribution in [-0.4, -0.2) is 4.98 Å². The number of aromatic nitrogens is 1. The molecule has 2 N–H and O–H groups in total. The van der Waals surface area contributed by atoms with Gasteiger partial charge in [-0.2, -0.15) is 5.26 Å². The number of hydrogen-bond acceptors (Lipinski definition) is 4. The van der Waals surface area contributed by atoms with Crippen molar-refractivity contribution in [1.29, 1.82) is 5.26 Å². The van der Waals surface area contributed by atoms with Crippen LogP contribution in [0.15, 0.2) is 34.9 Å². The predicted molar refractivity (Wildman–Crippen MR) is 72.6 cm³/mol. The summed E-state index contributed by atoms with van der Waals surface area (Å²) in [6.07, 6.45) is 1.57. The Hall–Kier alpha value is -1.77. The molecule has 0 fully saturated rings. The van der Waals surface area contributed by atoms with Gasteiger partial charge in [0, 0.05) is 10.7 Å². The maximum Gasteiger partial charge on any atom is 0.238 e. The molecule has 0 unspecified atom stereocenters.